The maximum atomic E-state index is 9.15. The van der Waals surface area contributed by atoms with Gasteiger partial charge in [0, 0.05) is 19.0 Å². The molecule has 0 radical (unpaired) electrons. The molecule has 3 aromatic rings. The Morgan fingerprint density at radius 2 is 2.09 bits per heavy atom. The minimum Gasteiger partial charge on any atom is -0.396 e. The zero-order valence-electron chi connectivity index (χ0n) is 12.0. The van der Waals surface area contributed by atoms with E-state index in [1.807, 2.05) is 35.1 Å². The van der Waals surface area contributed by atoms with Crippen LogP contribution in [0.15, 0.2) is 48.9 Å². The molecule has 1 aromatic carbocycles. The molecular weight excluding hydrogens is 391 g/mol. The molecule has 0 fully saturated rings. The third-order valence-electron chi connectivity index (χ3n) is 3.55. The van der Waals surface area contributed by atoms with Crippen LogP contribution in [-0.2, 0) is 0 Å². The van der Waals surface area contributed by atoms with Gasteiger partial charge >= 0.3 is 0 Å². The van der Waals surface area contributed by atoms with Crippen LogP contribution in [0.2, 0.25) is 0 Å². The van der Waals surface area contributed by atoms with E-state index in [0.29, 0.717) is 0 Å². The Labute approximate surface area is 142 Å². The molecule has 1 atom stereocenters. The van der Waals surface area contributed by atoms with Gasteiger partial charge in [0.2, 0.25) is 0 Å². The third kappa shape index (κ3) is 3.22. The highest BCUT2D eigenvalue weighted by atomic mass is 127. The van der Waals surface area contributed by atoms with Crippen molar-refractivity contribution in [2.75, 3.05) is 11.9 Å². The number of aromatic nitrogens is 3. The molecule has 0 aliphatic carbocycles. The van der Waals surface area contributed by atoms with E-state index < -0.39 is 0 Å². The lowest BCUT2D eigenvalue weighted by atomic mass is 10.0. The average molecular weight is 408 g/mol. The number of fused-ring (bicyclic) bond motifs is 1. The van der Waals surface area contributed by atoms with Crippen molar-refractivity contribution in [3.63, 3.8) is 0 Å². The second kappa shape index (κ2) is 7.06. The third-order valence-corrected chi connectivity index (χ3v) is 4.34. The molecular formula is C16H17IN4O. The van der Waals surface area contributed by atoms with Crippen molar-refractivity contribution in [1.82, 2.24) is 14.6 Å². The average Bonchev–Trinajstić information content (AvgIpc) is 2.94. The van der Waals surface area contributed by atoms with Crippen molar-refractivity contribution in [2.45, 2.75) is 18.9 Å². The summed E-state index contributed by atoms with van der Waals surface area (Å²) in [6.07, 6.45) is 6.99. The Hall–Kier alpha value is -1.67. The molecule has 3 rings (SSSR count). The number of halogens is 1. The highest BCUT2D eigenvalue weighted by Gasteiger charge is 2.15. The van der Waals surface area contributed by atoms with Crippen LogP contribution in [-0.4, -0.2) is 26.3 Å². The minimum absolute atomic E-state index is 0.109. The number of anilines is 1. The van der Waals surface area contributed by atoms with Gasteiger partial charge in [0.25, 0.3) is 0 Å². The summed E-state index contributed by atoms with van der Waals surface area (Å²) in [5, 5.41) is 17.0. The standard InChI is InChI=1S/C16H17IN4O/c17-13-11-19-21-9-8-18-16(15(13)21)20-14(7-4-10-22)12-5-2-1-3-6-12/h1-3,5-6,8-9,11,14,22H,4,7,10H2,(H,18,20). The van der Waals surface area contributed by atoms with Crippen molar-refractivity contribution in [3.05, 3.63) is 58.1 Å². The summed E-state index contributed by atoms with van der Waals surface area (Å²) in [7, 11) is 0. The largest absolute Gasteiger partial charge is 0.396 e. The van der Waals surface area contributed by atoms with Gasteiger partial charge in [-0.05, 0) is 41.0 Å². The van der Waals surface area contributed by atoms with Crippen molar-refractivity contribution in [3.8, 4) is 0 Å². The SMILES string of the molecule is OCCCC(Nc1nccn2ncc(I)c12)c1ccccc1. The zero-order valence-corrected chi connectivity index (χ0v) is 14.1. The predicted octanol–water partition coefficient (Wildman–Crippen LogP) is 3.26. The van der Waals surface area contributed by atoms with Gasteiger partial charge in [-0.1, -0.05) is 30.3 Å². The number of rotatable bonds is 6. The molecule has 22 heavy (non-hydrogen) atoms. The van der Waals surface area contributed by atoms with E-state index in [9.17, 15) is 0 Å². The summed E-state index contributed by atoms with van der Waals surface area (Å²) >= 11 is 2.27. The second-order valence-corrected chi connectivity index (χ2v) is 6.20. The Balaban J connectivity index is 1.93. The van der Waals surface area contributed by atoms with Crippen LogP contribution >= 0.6 is 22.6 Å². The van der Waals surface area contributed by atoms with Gasteiger partial charge in [-0.15, -0.1) is 0 Å². The second-order valence-electron chi connectivity index (χ2n) is 5.03. The van der Waals surface area contributed by atoms with Crippen molar-refractivity contribution >= 4 is 33.9 Å². The molecule has 0 aliphatic heterocycles. The van der Waals surface area contributed by atoms with Crippen LogP contribution in [0.1, 0.15) is 24.4 Å². The first-order valence-electron chi connectivity index (χ1n) is 7.20. The van der Waals surface area contributed by atoms with E-state index in [4.69, 9.17) is 5.11 Å². The quantitative estimate of drug-likeness (QED) is 0.615. The molecule has 1 unspecified atom stereocenters. The van der Waals surface area contributed by atoms with Gasteiger partial charge < -0.3 is 10.4 Å². The van der Waals surface area contributed by atoms with Crippen LogP contribution in [0.3, 0.4) is 0 Å². The van der Waals surface area contributed by atoms with Crippen molar-refractivity contribution in [2.24, 2.45) is 0 Å². The summed E-state index contributed by atoms with van der Waals surface area (Å²) < 4.78 is 2.88. The number of aliphatic hydroxyl groups excluding tert-OH is 1. The maximum absolute atomic E-state index is 9.15. The molecule has 6 heteroatoms. The smallest absolute Gasteiger partial charge is 0.153 e. The summed E-state index contributed by atoms with van der Waals surface area (Å²) in [6, 6.07) is 10.4. The highest BCUT2D eigenvalue weighted by Crippen LogP contribution is 2.27. The number of benzene rings is 1. The number of nitrogens with one attached hydrogen (secondary N) is 1. The highest BCUT2D eigenvalue weighted by molar-refractivity contribution is 14.1. The topological polar surface area (TPSA) is 62.5 Å². The number of aliphatic hydroxyl groups is 1. The Kier molecular flexibility index (Phi) is 4.89. The van der Waals surface area contributed by atoms with Crippen LogP contribution in [0.25, 0.3) is 5.52 Å². The Morgan fingerprint density at radius 1 is 1.27 bits per heavy atom. The van der Waals surface area contributed by atoms with Crippen LogP contribution < -0.4 is 5.32 Å². The molecule has 114 valence electrons. The summed E-state index contributed by atoms with van der Waals surface area (Å²) in [5.41, 5.74) is 2.17. The predicted molar refractivity (Wildman–Crippen MR) is 94.8 cm³/mol. The fourth-order valence-electron chi connectivity index (χ4n) is 2.48. The molecule has 0 bridgehead atoms. The van der Waals surface area contributed by atoms with E-state index in [1.54, 1.807) is 6.20 Å². The number of hydrogen-bond donors (Lipinski definition) is 2. The fraction of sp³-hybridized carbons (Fsp3) is 0.250. The molecule has 0 saturated carbocycles. The Bertz CT molecular complexity index is 744. The lowest BCUT2D eigenvalue weighted by Crippen LogP contribution is -2.13. The first kappa shape index (κ1) is 15.2. The van der Waals surface area contributed by atoms with E-state index in [1.165, 1.54) is 5.56 Å². The van der Waals surface area contributed by atoms with E-state index in [-0.39, 0.29) is 12.6 Å². The molecule has 0 aliphatic rings. The maximum Gasteiger partial charge on any atom is 0.153 e. The molecule has 2 heterocycles. The fourth-order valence-corrected chi connectivity index (χ4v) is 3.11. The summed E-state index contributed by atoms with van der Waals surface area (Å²) in [5.74, 6) is 0.816. The van der Waals surface area contributed by atoms with Gasteiger partial charge in [-0.3, -0.25) is 0 Å². The van der Waals surface area contributed by atoms with Crippen molar-refractivity contribution < 1.29 is 5.11 Å². The molecule has 0 spiro atoms. The molecule has 2 aromatic heterocycles. The van der Waals surface area contributed by atoms with E-state index in [0.717, 1.165) is 27.7 Å². The van der Waals surface area contributed by atoms with E-state index in [2.05, 4.69) is 50.1 Å². The van der Waals surface area contributed by atoms with Crippen LogP contribution in [0.4, 0.5) is 5.82 Å². The first-order chi connectivity index (χ1) is 10.8. The van der Waals surface area contributed by atoms with Crippen LogP contribution in [0, 0.1) is 3.57 Å². The molecule has 5 nitrogen and oxygen atoms in total. The lowest BCUT2D eigenvalue weighted by molar-refractivity contribution is 0.281. The van der Waals surface area contributed by atoms with Gasteiger partial charge in [0.05, 0.1) is 15.8 Å². The van der Waals surface area contributed by atoms with E-state index >= 15 is 0 Å². The van der Waals surface area contributed by atoms with Gasteiger partial charge in [-0.25, -0.2) is 9.50 Å². The first-order valence-corrected chi connectivity index (χ1v) is 8.27. The summed E-state index contributed by atoms with van der Waals surface area (Å²) in [4.78, 5) is 4.47. The Morgan fingerprint density at radius 3 is 2.86 bits per heavy atom. The zero-order chi connectivity index (χ0) is 15.4. The monoisotopic (exact) mass is 408 g/mol. The minimum atomic E-state index is 0.109. The lowest BCUT2D eigenvalue weighted by Gasteiger charge is -2.20. The molecule has 0 amide bonds. The van der Waals surface area contributed by atoms with Gasteiger partial charge in [-0.2, -0.15) is 5.10 Å². The number of nitrogens with zero attached hydrogens (tertiary/aromatic N) is 3. The van der Waals surface area contributed by atoms with Gasteiger partial charge in [0.1, 0.15) is 5.52 Å². The van der Waals surface area contributed by atoms with Crippen molar-refractivity contribution in [1.29, 1.82) is 0 Å². The normalized spacial score (nSPS) is 12.5. The van der Waals surface area contributed by atoms with Gasteiger partial charge in [0.15, 0.2) is 5.82 Å². The summed E-state index contributed by atoms with van der Waals surface area (Å²) in [6.45, 7) is 0.187. The van der Waals surface area contributed by atoms with Crippen LogP contribution in [0.5, 0.6) is 0 Å². The molecule has 0 saturated heterocycles. The molecule has 2 N–H and O–H groups in total. The number of hydrogen-bond acceptors (Lipinski definition) is 4.